The average molecular weight is 351 g/mol. The van der Waals surface area contributed by atoms with Crippen LogP contribution in [0.2, 0.25) is 0 Å². The van der Waals surface area contributed by atoms with Gasteiger partial charge in [-0.3, -0.25) is 4.90 Å². The van der Waals surface area contributed by atoms with Crippen LogP contribution in [0.5, 0.6) is 5.75 Å². The average Bonchev–Trinajstić information content (AvgIpc) is 3.14. The molecule has 1 aliphatic heterocycles. The fourth-order valence-electron chi connectivity index (χ4n) is 3.38. The molecule has 0 amide bonds. The Bertz CT molecular complexity index is 809. The Kier molecular flexibility index (Phi) is 5.64. The van der Waals surface area contributed by atoms with Crippen molar-refractivity contribution in [3.8, 4) is 5.75 Å². The summed E-state index contributed by atoms with van der Waals surface area (Å²) in [6.07, 6.45) is 2.46. The molecule has 1 N–H and O–H groups in total. The van der Waals surface area contributed by atoms with Crippen molar-refractivity contribution in [3.63, 3.8) is 0 Å². The predicted molar refractivity (Wildman–Crippen MR) is 103 cm³/mol. The van der Waals surface area contributed by atoms with Gasteiger partial charge < -0.3 is 14.6 Å². The van der Waals surface area contributed by atoms with Crippen molar-refractivity contribution in [3.05, 3.63) is 83.3 Å². The molecule has 0 radical (unpaired) electrons. The largest absolute Gasteiger partial charge is 0.508 e. The van der Waals surface area contributed by atoms with Crippen LogP contribution in [0.25, 0.3) is 5.57 Å². The van der Waals surface area contributed by atoms with Gasteiger partial charge in [0.05, 0.1) is 6.04 Å². The molecule has 1 unspecified atom stereocenters. The van der Waals surface area contributed by atoms with Crippen LogP contribution in [-0.2, 0) is 15.9 Å². The number of aromatic hydroxyl groups is 1. The molecule has 4 nitrogen and oxygen atoms in total. The third-order valence-corrected chi connectivity index (χ3v) is 4.58. The molecule has 4 heteroatoms. The van der Waals surface area contributed by atoms with E-state index in [4.69, 9.17) is 9.47 Å². The topological polar surface area (TPSA) is 41.9 Å². The van der Waals surface area contributed by atoms with Gasteiger partial charge in [-0.1, -0.05) is 42.5 Å². The van der Waals surface area contributed by atoms with Crippen molar-refractivity contribution in [2.45, 2.75) is 19.4 Å². The Balaban J connectivity index is 2.09. The van der Waals surface area contributed by atoms with Gasteiger partial charge in [-0.25, -0.2) is 0 Å². The summed E-state index contributed by atoms with van der Waals surface area (Å²) in [7, 11) is 4.05. The minimum atomic E-state index is -0.0291. The van der Waals surface area contributed by atoms with Gasteiger partial charge in [-0.05, 0) is 61.8 Å². The number of nitrogens with zero attached hydrogens (tertiary/aromatic N) is 1. The number of phenols is 1. The Morgan fingerprint density at radius 1 is 1.12 bits per heavy atom. The monoisotopic (exact) mass is 351 g/mol. The molecule has 0 saturated carbocycles. The lowest BCUT2D eigenvalue weighted by molar-refractivity contribution is 0.0690. The van der Waals surface area contributed by atoms with E-state index in [2.05, 4.69) is 24.0 Å². The van der Waals surface area contributed by atoms with Crippen molar-refractivity contribution in [2.75, 3.05) is 20.9 Å². The van der Waals surface area contributed by atoms with Gasteiger partial charge in [0.15, 0.2) is 5.76 Å². The summed E-state index contributed by atoms with van der Waals surface area (Å²) in [5.41, 5.74) is 4.57. The van der Waals surface area contributed by atoms with Crippen molar-refractivity contribution in [1.29, 1.82) is 0 Å². The van der Waals surface area contributed by atoms with Crippen LogP contribution in [0, 0.1) is 0 Å². The third kappa shape index (κ3) is 4.09. The third-order valence-electron chi connectivity index (χ3n) is 4.58. The van der Waals surface area contributed by atoms with E-state index in [1.807, 2.05) is 50.5 Å². The maximum Gasteiger partial charge on any atom is 0.229 e. The van der Waals surface area contributed by atoms with Gasteiger partial charge in [0.25, 0.3) is 0 Å². The molecule has 1 heterocycles. The Morgan fingerprint density at radius 3 is 2.50 bits per heavy atom. The second-order valence-corrected chi connectivity index (χ2v) is 6.69. The quantitative estimate of drug-likeness (QED) is 0.848. The van der Waals surface area contributed by atoms with Crippen LogP contribution in [0.4, 0.5) is 0 Å². The van der Waals surface area contributed by atoms with E-state index in [0.717, 1.165) is 17.7 Å². The fraction of sp³-hybridized carbons (Fsp3) is 0.273. The smallest absolute Gasteiger partial charge is 0.229 e. The van der Waals surface area contributed by atoms with E-state index in [1.54, 1.807) is 12.3 Å². The first-order valence-electron chi connectivity index (χ1n) is 8.70. The highest BCUT2D eigenvalue weighted by molar-refractivity contribution is 5.72. The van der Waals surface area contributed by atoms with E-state index in [1.165, 1.54) is 16.7 Å². The van der Waals surface area contributed by atoms with Crippen LogP contribution in [0.3, 0.4) is 0 Å². The molecule has 2 aromatic carbocycles. The lowest BCUT2D eigenvalue weighted by Gasteiger charge is -2.27. The number of hydrogen-bond acceptors (Lipinski definition) is 4. The van der Waals surface area contributed by atoms with Crippen LogP contribution in [0.1, 0.15) is 18.1 Å². The van der Waals surface area contributed by atoms with Gasteiger partial charge in [0, 0.05) is 0 Å². The zero-order valence-electron chi connectivity index (χ0n) is 15.5. The number of ether oxygens (including phenoxy) is 2. The molecular weight excluding hydrogens is 326 g/mol. The minimum absolute atomic E-state index is 0.0291. The molecule has 0 fully saturated rings. The lowest BCUT2D eigenvalue weighted by atomic mass is 9.90. The molecule has 0 aliphatic carbocycles. The number of rotatable bonds is 6. The number of benzene rings is 2. The summed E-state index contributed by atoms with van der Waals surface area (Å²) in [6, 6.07) is 17.7. The number of allylic oxidation sites excluding steroid dienone is 1. The number of hydrogen-bond donors (Lipinski definition) is 1. The van der Waals surface area contributed by atoms with E-state index in [-0.39, 0.29) is 18.6 Å². The predicted octanol–water partition coefficient (Wildman–Crippen LogP) is 4.18. The van der Waals surface area contributed by atoms with Gasteiger partial charge in [-0.15, -0.1) is 0 Å². The molecule has 136 valence electrons. The van der Waals surface area contributed by atoms with E-state index >= 15 is 0 Å². The van der Waals surface area contributed by atoms with E-state index < -0.39 is 0 Å². The van der Waals surface area contributed by atoms with Crippen molar-refractivity contribution in [2.24, 2.45) is 0 Å². The first kappa shape index (κ1) is 18.1. The first-order valence-corrected chi connectivity index (χ1v) is 8.70. The normalized spacial score (nSPS) is 15.8. The van der Waals surface area contributed by atoms with Crippen LogP contribution in [-0.4, -0.2) is 36.9 Å². The molecular formula is C22H25NO3. The second-order valence-electron chi connectivity index (χ2n) is 6.69. The van der Waals surface area contributed by atoms with Crippen LogP contribution >= 0.6 is 0 Å². The molecule has 3 rings (SSSR count). The van der Waals surface area contributed by atoms with Gasteiger partial charge >= 0.3 is 0 Å². The van der Waals surface area contributed by atoms with Crippen molar-refractivity contribution >= 4 is 5.57 Å². The summed E-state index contributed by atoms with van der Waals surface area (Å²) >= 11 is 0. The van der Waals surface area contributed by atoms with Crippen molar-refractivity contribution < 1.29 is 14.6 Å². The summed E-state index contributed by atoms with van der Waals surface area (Å²) in [5, 5.41) is 9.98. The van der Waals surface area contributed by atoms with Gasteiger partial charge in [0.1, 0.15) is 12.0 Å². The summed E-state index contributed by atoms with van der Waals surface area (Å²) in [6.45, 7) is 2.38. The van der Waals surface area contributed by atoms with Gasteiger partial charge in [-0.2, -0.15) is 0 Å². The van der Waals surface area contributed by atoms with Crippen molar-refractivity contribution in [1.82, 2.24) is 4.90 Å². The molecule has 0 spiro atoms. The maximum atomic E-state index is 9.98. The van der Waals surface area contributed by atoms with E-state index in [9.17, 15) is 5.11 Å². The standard InChI is InChI=1S/C22H25NO3/c1-16(22(23(2)3)21-14-25-15-26-21)20(12-17-8-5-4-6-9-17)18-10-7-11-19(24)13-18/h4-11,13-14,22,24H,12,15H2,1-3H3/b20-16+. The van der Waals surface area contributed by atoms with E-state index in [0.29, 0.717) is 0 Å². The lowest BCUT2D eigenvalue weighted by Crippen LogP contribution is -2.32. The molecule has 0 aromatic heterocycles. The Labute approximate surface area is 155 Å². The highest BCUT2D eigenvalue weighted by Crippen LogP contribution is 2.31. The highest BCUT2D eigenvalue weighted by atomic mass is 16.7. The summed E-state index contributed by atoms with van der Waals surface area (Å²) < 4.78 is 11.0. The molecule has 1 atom stereocenters. The van der Waals surface area contributed by atoms with Gasteiger partial charge in [0.2, 0.25) is 6.79 Å². The highest BCUT2D eigenvalue weighted by Gasteiger charge is 2.26. The molecule has 1 aliphatic rings. The fourth-order valence-corrected chi connectivity index (χ4v) is 3.38. The molecule has 26 heavy (non-hydrogen) atoms. The number of phenolic OH excluding ortho intramolecular Hbond substituents is 1. The molecule has 0 saturated heterocycles. The zero-order chi connectivity index (χ0) is 18.5. The summed E-state index contributed by atoms with van der Waals surface area (Å²) in [4.78, 5) is 2.11. The Hall–Kier alpha value is -2.72. The van der Waals surface area contributed by atoms with Crippen LogP contribution < -0.4 is 0 Å². The Morgan fingerprint density at radius 2 is 1.88 bits per heavy atom. The molecule has 0 bridgehead atoms. The molecule has 2 aromatic rings. The summed E-state index contributed by atoms with van der Waals surface area (Å²) in [5.74, 6) is 1.07. The zero-order valence-corrected chi connectivity index (χ0v) is 15.5. The minimum Gasteiger partial charge on any atom is -0.508 e. The number of likely N-dealkylation sites (N-methyl/N-ethyl adjacent to an activating group) is 1. The SMILES string of the molecule is C/C(=C(/Cc1ccccc1)c1cccc(O)c1)C(C1=COCO1)N(C)C. The second kappa shape index (κ2) is 8.11. The van der Waals surface area contributed by atoms with Crippen LogP contribution in [0.15, 0.2) is 72.2 Å². The maximum absolute atomic E-state index is 9.98. The first-order chi connectivity index (χ1) is 12.6.